The van der Waals surface area contributed by atoms with Gasteiger partial charge in [-0.3, -0.25) is 4.90 Å². The Bertz CT molecular complexity index is 193. The van der Waals surface area contributed by atoms with Crippen LogP contribution in [0, 0.1) is 0 Å². The molecule has 1 aliphatic carbocycles. The number of nitrogens with two attached hydrogens (primary N) is 1. The highest BCUT2D eigenvalue weighted by Crippen LogP contribution is 2.36. The maximum atomic E-state index is 6.05. The van der Waals surface area contributed by atoms with E-state index in [2.05, 4.69) is 32.7 Å². The van der Waals surface area contributed by atoms with Crippen molar-refractivity contribution >= 4 is 0 Å². The first-order valence-corrected chi connectivity index (χ1v) is 6.42. The molecule has 0 aromatic heterocycles. The third kappa shape index (κ3) is 2.54. The molecule has 0 bridgehead atoms. The van der Waals surface area contributed by atoms with Crippen molar-refractivity contribution in [1.29, 1.82) is 0 Å². The van der Waals surface area contributed by atoms with E-state index in [1.165, 1.54) is 38.5 Å². The molecule has 90 valence electrons. The molecule has 1 saturated carbocycles. The SMILES string of the molecule is CCC(C)(C)N(C)C1(CN)CCCCC1. The molecule has 0 amide bonds. The summed E-state index contributed by atoms with van der Waals surface area (Å²) < 4.78 is 0. The Balaban J connectivity index is 2.80. The molecule has 1 aliphatic rings. The van der Waals surface area contributed by atoms with Crippen LogP contribution in [0.3, 0.4) is 0 Å². The zero-order valence-corrected chi connectivity index (χ0v) is 11.0. The summed E-state index contributed by atoms with van der Waals surface area (Å²) in [6.07, 6.45) is 7.84. The molecule has 0 aromatic carbocycles. The summed E-state index contributed by atoms with van der Waals surface area (Å²) in [5, 5.41) is 0. The maximum Gasteiger partial charge on any atom is 0.0334 e. The van der Waals surface area contributed by atoms with E-state index in [0.29, 0.717) is 0 Å². The first kappa shape index (κ1) is 13.0. The first-order valence-electron chi connectivity index (χ1n) is 6.42. The topological polar surface area (TPSA) is 29.3 Å². The molecule has 1 fully saturated rings. The van der Waals surface area contributed by atoms with Crippen LogP contribution in [0.25, 0.3) is 0 Å². The summed E-state index contributed by atoms with van der Waals surface area (Å²) in [6.45, 7) is 7.74. The molecular formula is C13H28N2. The largest absolute Gasteiger partial charge is 0.329 e. The van der Waals surface area contributed by atoms with Crippen molar-refractivity contribution in [1.82, 2.24) is 4.90 Å². The Morgan fingerprint density at radius 2 is 1.73 bits per heavy atom. The molecule has 15 heavy (non-hydrogen) atoms. The minimum atomic E-state index is 0.275. The van der Waals surface area contributed by atoms with E-state index in [-0.39, 0.29) is 11.1 Å². The van der Waals surface area contributed by atoms with Gasteiger partial charge in [-0.1, -0.05) is 26.2 Å². The van der Waals surface area contributed by atoms with Gasteiger partial charge in [-0.2, -0.15) is 0 Å². The van der Waals surface area contributed by atoms with Gasteiger partial charge in [0.05, 0.1) is 0 Å². The number of hydrogen-bond donors (Lipinski definition) is 1. The molecule has 0 aliphatic heterocycles. The van der Waals surface area contributed by atoms with Gasteiger partial charge in [0.15, 0.2) is 0 Å². The highest BCUT2D eigenvalue weighted by Gasteiger charge is 2.40. The lowest BCUT2D eigenvalue weighted by molar-refractivity contribution is -0.000998. The fourth-order valence-corrected chi connectivity index (χ4v) is 2.77. The molecule has 0 radical (unpaired) electrons. The number of hydrogen-bond acceptors (Lipinski definition) is 2. The minimum absolute atomic E-state index is 0.275. The van der Waals surface area contributed by atoms with E-state index in [1.807, 2.05) is 0 Å². The van der Waals surface area contributed by atoms with Gasteiger partial charge in [0.1, 0.15) is 0 Å². The van der Waals surface area contributed by atoms with Gasteiger partial charge in [0, 0.05) is 17.6 Å². The summed E-state index contributed by atoms with van der Waals surface area (Å²) in [5.74, 6) is 0. The molecule has 1 rings (SSSR count). The highest BCUT2D eigenvalue weighted by molar-refractivity contribution is 4.98. The predicted molar refractivity (Wildman–Crippen MR) is 67.0 cm³/mol. The Kier molecular flexibility index (Phi) is 4.19. The number of likely N-dealkylation sites (N-methyl/N-ethyl adjacent to an activating group) is 1. The standard InChI is InChI=1S/C13H28N2/c1-5-12(2,3)15(4)13(11-14)9-7-6-8-10-13/h5-11,14H2,1-4H3. The molecule has 0 heterocycles. The van der Waals surface area contributed by atoms with Gasteiger partial charge in [-0.15, -0.1) is 0 Å². The van der Waals surface area contributed by atoms with Crippen LogP contribution in [0.2, 0.25) is 0 Å². The van der Waals surface area contributed by atoms with Gasteiger partial charge in [-0.05, 0) is 40.2 Å². The van der Waals surface area contributed by atoms with Crippen LogP contribution in [0.4, 0.5) is 0 Å². The Labute approximate surface area is 95.2 Å². The second kappa shape index (κ2) is 4.84. The van der Waals surface area contributed by atoms with Crippen LogP contribution < -0.4 is 5.73 Å². The Morgan fingerprint density at radius 1 is 1.20 bits per heavy atom. The summed E-state index contributed by atoms with van der Waals surface area (Å²) in [4.78, 5) is 2.55. The molecule has 0 spiro atoms. The summed E-state index contributed by atoms with van der Waals surface area (Å²) >= 11 is 0. The monoisotopic (exact) mass is 212 g/mol. The fraction of sp³-hybridized carbons (Fsp3) is 1.00. The van der Waals surface area contributed by atoms with Crippen LogP contribution in [0.1, 0.15) is 59.3 Å². The Hall–Kier alpha value is -0.0800. The first-order chi connectivity index (χ1) is 6.98. The molecule has 0 aromatic rings. The van der Waals surface area contributed by atoms with E-state index < -0.39 is 0 Å². The van der Waals surface area contributed by atoms with Gasteiger partial charge >= 0.3 is 0 Å². The summed E-state index contributed by atoms with van der Waals surface area (Å²) in [6, 6.07) is 0. The van der Waals surface area contributed by atoms with Gasteiger partial charge in [0.25, 0.3) is 0 Å². The zero-order chi connectivity index (χ0) is 11.5. The molecule has 0 atom stereocenters. The smallest absolute Gasteiger partial charge is 0.0334 e. The van der Waals surface area contributed by atoms with Crippen LogP contribution in [-0.2, 0) is 0 Å². The molecule has 0 unspecified atom stereocenters. The Morgan fingerprint density at radius 3 is 2.13 bits per heavy atom. The van der Waals surface area contributed by atoms with Gasteiger partial charge in [-0.25, -0.2) is 0 Å². The molecule has 2 N–H and O–H groups in total. The molecule has 2 nitrogen and oxygen atoms in total. The van der Waals surface area contributed by atoms with Crippen molar-refractivity contribution in [3.05, 3.63) is 0 Å². The minimum Gasteiger partial charge on any atom is -0.329 e. The molecule has 0 saturated heterocycles. The quantitative estimate of drug-likeness (QED) is 0.776. The summed E-state index contributed by atoms with van der Waals surface area (Å²) in [7, 11) is 2.27. The van der Waals surface area contributed by atoms with E-state index >= 15 is 0 Å². The lowest BCUT2D eigenvalue weighted by Gasteiger charge is -2.51. The van der Waals surface area contributed by atoms with Crippen molar-refractivity contribution in [3.8, 4) is 0 Å². The predicted octanol–water partition coefficient (Wildman–Crippen LogP) is 2.77. The van der Waals surface area contributed by atoms with Crippen LogP contribution in [0.15, 0.2) is 0 Å². The van der Waals surface area contributed by atoms with E-state index in [0.717, 1.165) is 6.54 Å². The third-order valence-electron chi connectivity index (χ3n) is 4.65. The number of nitrogens with zero attached hydrogens (tertiary/aromatic N) is 1. The van der Waals surface area contributed by atoms with Crippen molar-refractivity contribution in [2.24, 2.45) is 5.73 Å². The normalized spacial score (nSPS) is 22.0. The second-order valence-electron chi connectivity index (χ2n) is 5.71. The fourth-order valence-electron chi connectivity index (χ4n) is 2.77. The lowest BCUT2D eigenvalue weighted by atomic mass is 9.78. The average molecular weight is 212 g/mol. The van der Waals surface area contributed by atoms with E-state index in [4.69, 9.17) is 5.73 Å². The second-order valence-corrected chi connectivity index (χ2v) is 5.71. The van der Waals surface area contributed by atoms with E-state index in [9.17, 15) is 0 Å². The van der Waals surface area contributed by atoms with Crippen LogP contribution in [0.5, 0.6) is 0 Å². The van der Waals surface area contributed by atoms with Gasteiger partial charge in [0.2, 0.25) is 0 Å². The summed E-state index contributed by atoms with van der Waals surface area (Å²) in [5.41, 5.74) is 6.60. The van der Waals surface area contributed by atoms with Crippen LogP contribution >= 0.6 is 0 Å². The van der Waals surface area contributed by atoms with Crippen molar-refractivity contribution < 1.29 is 0 Å². The zero-order valence-electron chi connectivity index (χ0n) is 11.0. The lowest BCUT2D eigenvalue weighted by Crippen LogP contribution is -2.60. The average Bonchev–Trinajstić information content (AvgIpc) is 2.29. The van der Waals surface area contributed by atoms with Crippen molar-refractivity contribution in [3.63, 3.8) is 0 Å². The third-order valence-corrected chi connectivity index (χ3v) is 4.65. The van der Waals surface area contributed by atoms with Crippen LogP contribution in [-0.4, -0.2) is 29.6 Å². The number of rotatable bonds is 4. The molecular weight excluding hydrogens is 184 g/mol. The maximum absolute atomic E-state index is 6.05. The van der Waals surface area contributed by atoms with E-state index in [1.54, 1.807) is 0 Å². The van der Waals surface area contributed by atoms with Gasteiger partial charge < -0.3 is 5.73 Å². The highest BCUT2D eigenvalue weighted by atomic mass is 15.2. The molecule has 2 heteroatoms. The van der Waals surface area contributed by atoms with Crippen molar-refractivity contribution in [2.75, 3.05) is 13.6 Å². The van der Waals surface area contributed by atoms with Crippen molar-refractivity contribution in [2.45, 2.75) is 70.4 Å².